The van der Waals surface area contributed by atoms with Gasteiger partial charge in [-0.3, -0.25) is 0 Å². The second-order valence-electron chi connectivity index (χ2n) is 4.25. The van der Waals surface area contributed by atoms with Crippen molar-refractivity contribution in [3.8, 4) is 0 Å². The summed E-state index contributed by atoms with van der Waals surface area (Å²) in [6.45, 7) is 6.05. The number of thioether (sulfide) groups is 1. The van der Waals surface area contributed by atoms with E-state index in [0.29, 0.717) is 5.82 Å². The average Bonchev–Trinajstić information content (AvgIpc) is 2.42. The van der Waals surface area contributed by atoms with Gasteiger partial charge in [-0.15, -0.1) is 0 Å². The van der Waals surface area contributed by atoms with Crippen LogP contribution in [0, 0.1) is 20.8 Å². The number of aromatic nitrogens is 3. The number of hydrazine groups is 1. The molecule has 6 heteroatoms. The van der Waals surface area contributed by atoms with Crippen molar-refractivity contribution in [1.29, 1.82) is 0 Å². The van der Waals surface area contributed by atoms with E-state index in [9.17, 15) is 0 Å². The van der Waals surface area contributed by atoms with Crippen molar-refractivity contribution in [2.45, 2.75) is 31.7 Å². The Hall–Kier alpha value is -1.66. The van der Waals surface area contributed by atoms with Gasteiger partial charge in [0.1, 0.15) is 5.82 Å². The third-order valence-electron chi connectivity index (χ3n) is 2.92. The van der Waals surface area contributed by atoms with Gasteiger partial charge in [0.15, 0.2) is 5.16 Å². The molecular weight excluding hydrogens is 258 g/mol. The molecule has 0 aliphatic carbocycles. The Morgan fingerprint density at radius 2 is 1.79 bits per heavy atom. The molecule has 2 aromatic heterocycles. The van der Waals surface area contributed by atoms with Crippen molar-refractivity contribution >= 4 is 17.6 Å². The lowest BCUT2D eigenvalue weighted by Gasteiger charge is -2.07. The lowest BCUT2D eigenvalue weighted by Crippen LogP contribution is -2.08. The number of nitrogens with one attached hydrogen (secondary N) is 1. The normalized spacial score (nSPS) is 10.5. The van der Waals surface area contributed by atoms with E-state index in [2.05, 4.69) is 20.4 Å². The van der Waals surface area contributed by atoms with Crippen molar-refractivity contribution in [2.24, 2.45) is 5.84 Å². The Balaban J connectivity index is 2.10. The number of nitrogens with two attached hydrogens (primary N) is 1. The number of aryl methyl sites for hydroxylation is 2. The van der Waals surface area contributed by atoms with E-state index in [0.717, 1.165) is 33.6 Å². The molecule has 0 aliphatic heterocycles. The summed E-state index contributed by atoms with van der Waals surface area (Å²) in [5, 5.41) is 0.786. The standard InChI is InChI=1S/C13H17N5S/c1-8-9(2)15-13(16-10(8)3)19-7-11-5-4-6-12(17-11)18-14/h4-6H,7,14H2,1-3H3,(H,17,18). The molecule has 2 heterocycles. The van der Waals surface area contributed by atoms with Crippen molar-refractivity contribution in [3.63, 3.8) is 0 Å². The minimum Gasteiger partial charge on any atom is -0.308 e. The highest BCUT2D eigenvalue weighted by Gasteiger charge is 2.06. The zero-order valence-corrected chi connectivity index (χ0v) is 12.1. The van der Waals surface area contributed by atoms with Crippen LogP contribution < -0.4 is 11.3 Å². The van der Waals surface area contributed by atoms with Crippen LogP contribution in [-0.2, 0) is 5.75 Å². The monoisotopic (exact) mass is 275 g/mol. The van der Waals surface area contributed by atoms with Gasteiger partial charge < -0.3 is 5.43 Å². The second-order valence-corrected chi connectivity index (χ2v) is 5.19. The molecule has 0 radical (unpaired) electrons. The van der Waals surface area contributed by atoms with Gasteiger partial charge in [-0.2, -0.15) is 0 Å². The van der Waals surface area contributed by atoms with Crippen LogP contribution in [-0.4, -0.2) is 15.0 Å². The molecule has 0 fully saturated rings. The van der Waals surface area contributed by atoms with Gasteiger partial charge >= 0.3 is 0 Å². The van der Waals surface area contributed by atoms with Crippen LogP contribution in [0.15, 0.2) is 23.4 Å². The van der Waals surface area contributed by atoms with Crippen molar-refractivity contribution < 1.29 is 0 Å². The molecule has 0 aromatic carbocycles. The number of hydrogen-bond donors (Lipinski definition) is 2. The number of hydrogen-bond acceptors (Lipinski definition) is 6. The zero-order valence-electron chi connectivity index (χ0n) is 11.3. The molecule has 0 spiro atoms. The van der Waals surface area contributed by atoms with E-state index < -0.39 is 0 Å². The molecule has 2 rings (SSSR count). The maximum atomic E-state index is 5.34. The maximum absolute atomic E-state index is 5.34. The molecule has 5 nitrogen and oxygen atoms in total. The number of pyridine rings is 1. The van der Waals surface area contributed by atoms with Crippen LogP contribution in [0.25, 0.3) is 0 Å². The smallest absolute Gasteiger partial charge is 0.188 e. The van der Waals surface area contributed by atoms with E-state index in [-0.39, 0.29) is 0 Å². The van der Waals surface area contributed by atoms with Gasteiger partial charge in [-0.1, -0.05) is 17.8 Å². The fourth-order valence-electron chi connectivity index (χ4n) is 1.58. The first-order valence-corrected chi connectivity index (χ1v) is 6.96. The fourth-order valence-corrected chi connectivity index (χ4v) is 2.43. The first-order valence-electron chi connectivity index (χ1n) is 5.97. The van der Waals surface area contributed by atoms with Crippen LogP contribution in [0.3, 0.4) is 0 Å². The van der Waals surface area contributed by atoms with E-state index in [1.165, 1.54) is 0 Å². The third kappa shape index (κ3) is 3.42. The van der Waals surface area contributed by atoms with Gasteiger partial charge in [-0.25, -0.2) is 20.8 Å². The molecular formula is C13H17N5S. The molecule has 0 saturated heterocycles. The minimum absolute atomic E-state index is 0.662. The van der Waals surface area contributed by atoms with Gasteiger partial charge in [-0.05, 0) is 38.5 Å². The molecule has 0 unspecified atom stereocenters. The molecule has 0 saturated carbocycles. The largest absolute Gasteiger partial charge is 0.308 e. The maximum Gasteiger partial charge on any atom is 0.188 e. The summed E-state index contributed by atoms with van der Waals surface area (Å²) in [7, 11) is 0. The SMILES string of the molecule is Cc1nc(SCc2cccc(NN)n2)nc(C)c1C. The molecule has 3 N–H and O–H groups in total. The summed E-state index contributed by atoms with van der Waals surface area (Å²) in [5.74, 6) is 6.72. The van der Waals surface area contributed by atoms with Crippen LogP contribution in [0.4, 0.5) is 5.82 Å². The van der Waals surface area contributed by atoms with Gasteiger partial charge in [0.2, 0.25) is 0 Å². The van der Waals surface area contributed by atoms with Crippen molar-refractivity contribution in [3.05, 3.63) is 40.8 Å². The first-order chi connectivity index (χ1) is 9.10. The third-order valence-corrected chi connectivity index (χ3v) is 3.80. The molecule has 0 bridgehead atoms. The van der Waals surface area contributed by atoms with Gasteiger partial charge in [0.25, 0.3) is 0 Å². The van der Waals surface area contributed by atoms with Gasteiger partial charge in [0.05, 0.1) is 5.69 Å². The summed E-state index contributed by atoms with van der Waals surface area (Å²) >= 11 is 1.58. The molecule has 2 aromatic rings. The Kier molecular flexibility index (Phi) is 4.34. The number of nitrogen functional groups attached to an aromatic ring is 1. The Labute approximate surface area is 117 Å². The summed E-state index contributed by atoms with van der Waals surface area (Å²) < 4.78 is 0. The van der Waals surface area contributed by atoms with Crippen LogP contribution in [0.2, 0.25) is 0 Å². The molecule has 0 atom stereocenters. The predicted octanol–water partition coefficient (Wildman–Crippen LogP) is 2.37. The molecule has 19 heavy (non-hydrogen) atoms. The van der Waals surface area contributed by atoms with Crippen LogP contribution in [0.1, 0.15) is 22.6 Å². The fraction of sp³-hybridized carbons (Fsp3) is 0.308. The zero-order chi connectivity index (χ0) is 13.8. The quantitative estimate of drug-likeness (QED) is 0.386. The Bertz CT molecular complexity index is 562. The van der Waals surface area contributed by atoms with Crippen LogP contribution >= 0.6 is 11.8 Å². The summed E-state index contributed by atoms with van der Waals surface area (Å²) in [4.78, 5) is 13.3. The highest BCUT2D eigenvalue weighted by Crippen LogP contribution is 2.21. The highest BCUT2D eigenvalue weighted by atomic mass is 32.2. The Morgan fingerprint density at radius 1 is 1.11 bits per heavy atom. The minimum atomic E-state index is 0.662. The number of nitrogens with zero attached hydrogens (tertiary/aromatic N) is 3. The van der Waals surface area contributed by atoms with Gasteiger partial charge in [0, 0.05) is 17.1 Å². The lowest BCUT2D eigenvalue weighted by atomic mass is 10.2. The van der Waals surface area contributed by atoms with E-state index in [1.807, 2.05) is 39.0 Å². The number of anilines is 1. The topological polar surface area (TPSA) is 76.7 Å². The first kappa shape index (κ1) is 13.8. The van der Waals surface area contributed by atoms with E-state index in [1.54, 1.807) is 11.8 Å². The van der Waals surface area contributed by atoms with Crippen molar-refractivity contribution in [2.75, 3.05) is 5.43 Å². The summed E-state index contributed by atoms with van der Waals surface area (Å²) in [5.41, 5.74) is 6.69. The summed E-state index contributed by atoms with van der Waals surface area (Å²) in [6, 6.07) is 5.71. The second kappa shape index (κ2) is 5.99. The van der Waals surface area contributed by atoms with E-state index in [4.69, 9.17) is 5.84 Å². The number of rotatable bonds is 4. The molecule has 100 valence electrons. The average molecular weight is 275 g/mol. The predicted molar refractivity (Wildman–Crippen MR) is 77.9 cm³/mol. The molecule has 0 amide bonds. The molecule has 0 aliphatic rings. The van der Waals surface area contributed by atoms with Crippen molar-refractivity contribution in [1.82, 2.24) is 15.0 Å². The lowest BCUT2D eigenvalue weighted by molar-refractivity contribution is 0.880. The summed E-state index contributed by atoms with van der Waals surface area (Å²) in [6.07, 6.45) is 0. The van der Waals surface area contributed by atoms with E-state index >= 15 is 0 Å². The van der Waals surface area contributed by atoms with Crippen LogP contribution in [0.5, 0.6) is 0 Å². The Morgan fingerprint density at radius 3 is 2.42 bits per heavy atom. The highest BCUT2D eigenvalue weighted by molar-refractivity contribution is 7.98.